The van der Waals surface area contributed by atoms with Gasteiger partial charge in [-0.2, -0.15) is 0 Å². The van der Waals surface area contributed by atoms with Crippen molar-refractivity contribution in [2.45, 2.75) is 129 Å². The molecule has 1 saturated carbocycles. The summed E-state index contributed by atoms with van der Waals surface area (Å²) in [5.41, 5.74) is 6.43. The molecule has 1 heterocycles. The Balaban J connectivity index is 1.43. The normalized spacial score (nSPS) is 33.3. The Hall–Kier alpha value is -2.13. The van der Waals surface area contributed by atoms with Crippen molar-refractivity contribution in [1.82, 2.24) is 0 Å². The van der Waals surface area contributed by atoms with Gasteiger partial charge >= 0.3 is 19.1 Å². The van der Waals surface area contributed by atoms with Crippen LogP contribution in [0.4, 0.5) is 0 Å². The van der Waals surface area contributed by atoms with Crippen LogP contribution in [0.1, 0.15) is 105 Å². The molecule has 3 aliphatic carbocycles. The molecular formula is C32H50BNO7. The van der Waals surface area contributed by atoms with E-state index in [0.29, 0.717) is 38.0 Å². The van der Waals surface area contributed by atoms with E-state index in [1.54, 1.807) is 0 Å². The summed E-state index contributed by atoms with van der Waals surface area (Å²) in [5, 5.41) is 9.89. The van der Waals surface area contributed by atoms with Crippen LogP contribution in [0, 0.1) is 29.1 Å². The Morgan fingerprint density at radius 3 is 2.54 bits per heavy atom. The van der Waals surface area contributed by atoms with E-state index in [-0.39, 0.29) is 48.3 Å². The lowest BCUT2D eigenvalue weighted by Gasteiger charge is -2.44. The molecule has 228 valence electrons. The van der Waals surface area contributed by atoms with Crippen molar-refractivity contribution in [3.8, 4) is 0 Å². The van der Waals surface area contributed by atoms with Crippen LogP contribution in [0.15, 0.2) is 23.8 Å². The predicted octanol–water partition coefficient (Wildman–Crippen LogP) is 5.28. The minimum atomic E-state index is -1.33. The first-order valence-corrected chi connectivity index (χ1v) is 15.8. The third-order valence-electron chi connectivity index (χ3n) is 10.4. The number of carbonyl (C=O) groups is 3. The molecular weight excluding hydrogens is 521 g/mol. The molecule has 0 unspecified atom stereocenters. The molecule has 9 heteroatoms. The van der Waals surface area contributed by atoms with E-state index < -0.39 is 29.9 Å². The maximum absolute atomic E-state index is 13.1. The summed E-state index contributed by atoms with van der Waals surface area (Å²) in [6.45, 7) is 10.3. The van der Waals surface area contributed by atoms with E-state index in [2.05, 4.69) is 32.1 Å². The van der Waals surface area contributed by atoms with Crippen molar-refractivity contribution >= 4 is 25.0 Å². The fraction of sp³-hybridized carbons (Fsp3) is 0.781. The highest BCUT2D eigenvalue weighted by molar-refractivity contribution is 6.53. The quantitative estimate of drug-likeness (QED) is 0.270. The molecule has 4 aliphatic rings. The van der Waals surface area contributed by atoms with E-state index in [4.69, 9.17) is 19.9 Å². The highest BCUT2D eigenvalue weighted by Gasteiger charge is 2.51. The number of amides is 1. The minimum Gasteiger partial charge on any atom is -0.462 e. The van der Waals surface area contributed by atoms with Crippen LogP contribution in [0.25, 0.3) is 0 Å². The van der Waals surface area contributed by atoms with Gasteiger partial charge in [0.2, 0.25) is 5.91 Å². The van der Waals surface area contributed by atoms with E-state index in [1.807, 2.05) is 20.8 Å². The number of esters is 2. The van der Waals surface area contributed by atoms with Crippen LogP contribution in [-0.2, 0) is 28.5 Å². The molecule has 7 atom stereocenters. The molecule has 0 aromatic carbocycles. The minimum absolute atomic E-state index is 0.0452. The van der Waals surface area contributed by atoms with E-state index in [0.717, 1.165) is 32.1 Å². The van der Waals surface area contributed by atoms with E-state index in [1.165, 1.54) is 5.57 Å². The second-order valence-electron chi connectivity index (χ2n) is 13.8. The molecule has 3 N–H and O–H groups in total. The predicted molar refractivity (Wildman–Crippen MR) is 157 cm³/mol. The third kappa shape index (κ3) is 7.10. The lowest BCUT2D eigenvalue weighted by Crippen LogP contribution is -2.49. The molecule has 0 radical (unpaired) electrons. The van der Waals surface area contributed by atoms with Crippen molar-refractivity contribution in [3.63, 3.8) is 0 Å². The maximum atomic E-state index is 13.1. The first-order chi connectivity index (χ1) is 19.4. The van der Waals surface area contributed by atoms with Crippen molar-refractivity contribution < 1.29 is 33.5 Å². The van der Waals surface area contributed by atoms with Crippen LogP contribution in [0.5, 0.6) is 0 Å². The highest BCUT2D eigenvalue weighted by Crippen LogP contribution is 2.47. The van der Waals surface area contributed by atoms with Gasteiger partial charge in [0.25, 0.3) is 0 Å². The fourth-order valence-corrected chi connectivity index (χ4v) is 7.28. The number of nitrogens with two attached hydrogens (primary N) is 1. The van der Waals surface area contributed by atoms with Crippen molar-refractivity contribution in [1.29, 1.82) is 0 Å². The summed E-state index contributed by atoms with van der Waals surface area (Å²) < 4.78 is 18.0. The molecule has 2 fully saturated rings. The van der Waals surface area contributed by atoms with E-state index >= 15 is 0 Å². The zero-order chi connectivity index (χ0) is 29.9. The summed E-state index contributed by atoms with van der Waals surface area (Å²) in [4.78, 5) is 38.0. The number of cyclic esters (lactones) is 1. The summed E-state index contributed by atoms with van der Waals surface area (Å²) in [5.74, 6) is -0.120. The molecule has 0 spiro atoms. The molecule has 41 heavy (non-hydrogen) atoms. The number of carbonyl (C=O) groups excluding carboxylic acids is 3. The zero-order valence-corrected chi connectivity index (χ0v) is 25.6. The first-order valence-electron chi connectivity index (χ1n) is 15.8. The Morgan fingerprint density at radius 2 is 1.88 bits per heavy atom. The van der Waals surface area contributed by atoms with Crippen LogP contribution >= 0.6 is 0 Å². The number of hydrogen-bond acceptors (Lipinski definition) is 7. The second kappa shape index (κ2) is 13.0. The Kier molecular flexibility index (Phi) is 10.1. The van der Waals surface area contributed by atoms with Crippen LogP contribution in [-0.4, -0.2) is 48.3 Å². The fourth-order valence-electron chi connectivity index (χ4n) is 7.28. The number of primary amides is 1. The van der Waals surface area contributed by atoms with Crippen molar-refractivity contribution in [2.24, 2.45) is 34.8 Å². The Labute approximate surface area is 246 Å². The van der Waals surface area contributed by atoms with Gasteiger partial charge in [0.05, 0.1) is 23.3 Å². The Bertz CT molecular complexity index is 1030. The van der Waals surface area contributed by atoms with Gasteiger partial charge in [-0.25, -0.2) is 0 Å². The molecule has 1 saturated heterocycles. The smallest absolute Gasteiger partial charge is 0.462 e. The first kappa shape index (κ1) is 31.8. The molecule has 4 rings (SSSR count). The van der Waals surface area contributed by atoms with Crippen molar-refractivity contribution in [2.75, 3.05) is 0 Å². The van der Waals surface area contributed by atoms with Gasteiger partial charge in [-0.05, 0) is 75.7 Å². The average molecular weight is 572 g/mol. The molecule has 0 aromatic heterocycles. The number of hydrogen-bond donors (Lipinski definition) is 2. The monoisotopic (exact) mass is 571 g/mol. The number of fused-ring (bicyclic) bond motifs is 1. The number of rotatable bonds is 10. The standard InChI is InChI=1S/C32H50BNO7/c1-6-31(4,5)30(37)40-26-17-20(2)16-22-11-10-21(3)25(28(22)26)13-12-23-18-24(19-27(35)39-23)41-33(38)32(29(34)36)14-8-7-9-15-32/h10-11,16,20-21,23-26,28,38H,6-9,12-15,17-19H2,1-5H3,(H2,34,36)/t20-,21-,23-,24+,25-,26-,28-/m1/s1. The van der Waals surface area contributed by atoms with E-state index in [9.17, 15) is 19.4 Å². The maximum Gasteiger partial charge on any atom is 0.470 e. The summed E-state index contributed by atoms with van der Waals surface area (Å²) in [6, 6.07) is 0. The van der Waals surface area contributed by atoms with Gasteiger partial charge in [-0.15, -0.1) is 0 Å². The largest absolute Gasteiger partial charge is 0.470 e. The lowest BCUT2D eigenvalue weighted by molar-refractivity contribution is -0.166. The van der Waals surface area contributed by atoms with Gasteiger partial charge in [0.15, 0.2) is 0 Å². The molecule has 1 aliphatic heterocycles. The highest BCUT2D eigenvalue weighted by atomic mass is 16.6. The second-order valence-corrected chi connectivity index (χ2v) is 13.8. The van der Waals surface area contributed by atoms with Crippen LogP contribution in [0.3, 0.4) is 0 Å². The zero-order valence-electron chi connectivity index (χ0n) is 25.6. The molecule has 8 nitrogen and oxygen atoms in total. The van der Waals surface area contributed by atoms with Crippen LogP contribution < -0.4 is 5.73 Å². The topological polar surface area (TPSA) is 125 Å². The molecule has 1 amide bonds. The third-order valence-corrected chi connectivity index (χ3v) is 10.4. The van der Waals surface area contributed by atoms with Gasteiger partial charge in [0.1, 0.15) is 12.2 Å². The number of allylic oxidation sites excluding steroid dienone is 3. The summed E-state index contributed by atoms with van der Waals surface area (Å²) in [6.07, 6.45) is 12.7. The van der Waals surface area contributed by atoms with Crippen molar-refractivity contribution in [3.05, 3.63) is 23.8 Å². The summed E-state index contributed by atoms with van der Waals surface area (Å²) in [7, 11) is -1.33. The van der Waals surface area contributed by atoms with Crippen LogP contribution in [0.2, 0.25) is 5.31 Å². The Morgan fingerprint density at radius 1 is 1.17 bits per heavy atom. The molecule has 0 aromatic rings. The lowest BCUT2D eigenvalue weighted by atomic mass is 9.50. The molecule has 0 bridgehead atoms. The number of ether oxygens (including phenoxy) is 2. The SMILES string of the molecule is CCC(C)(C)C(=O)O[C@@H]1C[C@H](C)C=C2C=C[C@@H](C)[C@@H](CC[C@@H]3C[C@H](OB(O)C4(C(N)=O)CCCCC4)CC(=O)O3)[C@@H]21. The van der Waals surface area contributed by atoms with Gasteiger partial charge in [-0.1, -0.05) is 58.3 Å². The summed E-state index contributed by atoms with van der Waals surface area (Å²) >= 11 is 0. The van der Waals surface area contributed by atoms with Gasteiger partial charge in [0, 0.05) is 12.3 Å². The van der Waals surface area contributed by atoms with Gasteiger partial charge in [-0.3, -0.25) is 14.4 Å². The average Bonchev–Trinajstić information content (AvgIpc) is 2.92. The van der Waals surface area contributed by atoms with Gasteiger partial charge < -0.3 is 24.9 Å².